The summed E-state index contributed by atoms with van der Waals surface area (Å²) in [5.74, 6) is 0.798. The highest BCUT2D eigenvalue weighted by Gasteiger charge is 2.33. The fourth-order valence-electron chi connectivity index (χ4n) is 1.57. The van der Waals surface area contributed by atoms with Crippen LogP contribution in [-0.2, 0) is 16.2 Å². The number of aromatic nitrogens is 1. The maximum absolute atomic E-state index is 12.4. The van der Waals surface area contributed by atoms with Crippen LogP contribution in [0.4, 0.5) is 13.2 Å². The Hall–Kier alpha value is -0.800. The van der Waals surface area contributed by atoms with Crippen LogP contribution < -0.4 is 0 Å². The molecule has 0 saturated heterocycles. The van der Waals surface area contributed by atoms with Crippen LogP contribution in [0, 0.1) is 0 Å². The Bertz CT molecular complexity index is 559. The molecule has 1 aromatic rings. The molecule has 0 aromatic carbocycles. The summed E-state index contributed by atoms with van der Waals surface area (Å²) in [6.45, 7) is 1.76. The minimum Gasteiger partial charge on any atom is -0.250 e. The number of pyridine rings is 1. The molecule has 0 N–H and O–H groups in total. The van der Waals surface area contributed by atoms with E-state index in [1.807, 2.05) is 6.26 Å². The highest BCUT2D eigenvalue weighted by Crippen LogP contribution is 2.28. The van der Waals surface area contributed by atoms with E-state index in [9.17, 15) is 21.6 Å². The largest absolute Gasteiger partial charge is 0.433 e. The molecule has 0 aliphatic rings. The Balaban J connectivity index is 2.97. The number of hydrogen-bond acceptors (Lipinski definition) is 4. The van der Waals surface area contributed by atoms with Crippen LogP contribution in [0.1, 0.15) is 19.0 Å². The predicted molar refractivity (Wildman–Crippen MR) is 76.6 cm³/mol. The zero-order valence-electron chi connectivity index (χ0n) is 11.9. The molecule has 0 aliphatic heterocycles. The van der Waals surface area contributed by atoms with Crippen LogP contribution >= 0.6 is 11.8 Å². The van der Waals surface area contributed by atoms with Crippen LogP contribution in [-0.4, -0.2) is 42.8 Å². The molecule has 1 unspecified atom stereocenters. The Morgan fingerprint density at radius 2 is 2.00 bits per heavy atom. The van der Waals surface area contributed by atoms with Crippen molar-refractivity contribution in [2.24, 2.45) is 0 Å². The van der Waals surface area contributed by atoms with Gasteiger partial charge in [-0.3, -0.25) is 4.98 Å². The molecule has 1 aromatic heterocycles. The van der Waals surface area contributed by atoms with Gasteiger partial charge in [0.05, 0.1) is 0 Å². The van der Waals surface area contributed by atoms with Gasteiger partial charge < -0.3 is 0 Å². The first-order valence-corrected chi connectivity index (χ1v) is 8.94. The second-order valence-corrected chi connectivity index (χ2v) is 7.51. The van der Waals surface area contributed by atoms with Gasteiger partial charge in [-0.2, -0.15) is 29.2 Å². The van der Waals surface area contributed by atoms with Gasteiger partial charge in [0.15, 0.2) is 0 Å². The third-order valence-corrected chi connectivity index (χ3v) is 5.66. The summed E-state index contributed by atoms with van der Waals surface area (Å²) in [6, 6.07) is 1.36. The molecular formula is C12H17F3N2O2S2. The van der Waals surface area contributed by atoms with Crippen LogP contribution in [0.15, 0.2) is 23.2 Å². The molecule has 1 heterocycles. The Labute approximate surface area is 126 Å². The van der Waals surface area contributed by atoms with Crippen molar-refractivity contribution >= 4 is 21.8 Å². The Kier molecular flexibility index (Phi) is 6.06. The smallest absolute Gasteiger partial charge is 0.250 e. The first-order valence-electron chi connectivity index (χ1n) is 6.11. The molecule has 9 heteroatoms. The number of thioether (sulfide) groups is 1. The van der Waals surface area contributed by atoms with Gasteiger partial charge in [-0.15, -0.1) is 0 Å². The molecule has 0 aliphatic carbocycles. The van der Waals surface area contributed by atoms with Gasteiger partial charge in [-0.05, 0) is 37.5 Å². The maximum atomic E-state index is 12.4. The lowest BCUT2D eigenvalue weighted by Crippen LogP contribution is -2.35. The summed E-state index contributed by atoms with van der Waals surface area (Å²) < 4.78 is 63.0. The third kappa shape index (κ3) is 4.58. The SMILES string of the molecule is CSCCC(C)N(C)S(=O)(=O)c1ccc(C(F)(F)F)nc1. The standard InChI is InChI=1S/C12H17F3N2O2S2/c1-9(6-7-20-3)17(2)21(18,19)10-4-5-11(16-8-10)12(13,14)15/h4-5,8-9H,6-7H2,1-3H3. The molecular weight excluding hydrogens is 325 g/mol. The zero-order valence-corrected chi connectivity index (χ0v) is 13.5. The predicted octanol–water partition coefficient (Wildman–Crippen LogP) is 2.86. The normalized spacial score (nSPS) is 14.4. The van der Waals surface area contributed by atoms with Gasteiger partial charge in [-0.25, -0.2) is 8.42 Å². The first kappa shape index (κ1) is 18.2. The molecule has 0 bridgehead atoms. The molecule has 1 atom stereocenters. The number of halogens is 3. The van der Waals surface area contributed by atoms with E-state index in [0.29, 0.717) is 12.5 Å². The topological polar surface area (TPSA) is 50.3 Å². The van der Waals surface area contributed by atoms with E-state index in [2.05, 4.69) is 4.98 Å². The van der Waals surface area contributed by atoms with E-state index in [-0.39, 0.29) is 10.9 Å². The number of rotatable bonds is 6. The molecule has 0 fully saturated rings. The van der Waals surface area contributed by atoms with E-state index in [0.717, 1.165) is 22.3 Å². The fourth-order valence-corrected chi connectivity index (χ4v) is 3.49. The second-order valence-electron chi connectivity index (χ2n) is 4.53. The molecule has 0 spiro atoms. The van der Waals surface area contributed by atoms with Crippen molar-refractivity contribution in [3.63, 3.8) is 0 Å². The van der Waals surface area contributed by atoms with Gasteiger partial charge in [0, 0.05) is 19.3 Å². The highest BCUT2D eigenvalue weighted by atomic mass is 32.2. The van der Waals surface area contributed by atoms with Crippen molar-refractivity contribution < 1.29 is 21.6 Å². The van der Waals surface area contributed by atoms with Gasteiger partial charge in [-0.1, -0.05) is 0 Å². The summed E-state index contributed by atoms with van der Waals surface area (Å²) in [5, 5.41) is 0. The van der Waals surface area contributed by atoms with Crippen molar-refractivity contribution in [3.8, 4) is 0 Å². The fraction of sp³-hybridized carbons (Fsp3) is 0.583. The molecule has 21 heavy (non-hydrogen) atoms. The van der Waals surface area contributed by atoms with Crippen molar-refractivity contribution in [2.75, 3.05) is 19.1 Å². The second kappa shape index (κ2) is 6.97. The lowest BCUT2D eigenvalue weighted by molar-refractivity contribution is -0.141. The van der Waals surface area contributed by atoms with Gasteiger partial charge in [0.1, 0.15) is 10.6 Å². The van der Waals surface area contributed by atoms with Crippen LogP contribution in [0.5, 0.6) is 0 Å². The summed E-state index contributed by atoms with van der Waals surface area (Å²) in [5.41, 5.74) is -1.11. The summed E-state index contributed by atoms with van der Waals surface area (Å²) in [6.07, 6.45) is -1.26. The van der Waals surface area contributed by atoms with Crippen molar-refractivity contribution in [2.45, 2.75) is 30.5 Å². The van der Waals surface area contributed by atoms with Crippen molar-refractivity contribution in [1.82, 2.24) is 9.29 Å². The van der Waals surface area contributed by atoms with Crippen LogP contribution in [0.2, 0.25) is 0 Å². The first-order chi connectivity index (χ1) is 9.60. The molecule has 0 amide bonds. The minimum atomic E-state index is -4.58. The van der Waals surface area contributed by atoms with E-state index in [1.54, 1.807) is 18.7 Å². The lowest BCUT2D eigenvalue weighted by Gasteiger charge is -2.24. The van der Waals surface area contributed by atoms with Gasteiger partial charge in [0.25, 0.3) is 0 Å². The van der Waals surface area contributed by atoms with Gasteiger partial charge in [0.2, 0.25) is 10.0 Å². The van der Waals surface area contributed by atoms with Crippen LogP contribution in [0.3, 0.4) is 0 Å². The maximum Gasteiger partial charge on any atom is 0.433 e. The summed E-state index contributed by atoms with van der Waals surface area (Å²) >= 11 is 1.60. The molecule has 120 valence electrons. The van der Waals surface area contributed by atoms with E-state index < -0.39 is 21.9 Å². The van der Waals surface area contributed by atoms with E-state index >= 15 is 0 Å². The lowest BCUT2D eigenvalue weighted by atomic mass is 10.3. The Morgan fingerprint density at radius 1 is 1.38 bits per heavy atom. The summed E-state index contributed by atoms with van der Waals surface area (Å²) in [7, 11) is -2.42. The zero-order chi connectivity index (χ0) is 16.3. The molecule has 4 nitrogen and oxygen atoms in total. The van der Waals surface area contributed by atoms with Gasteiger partial charge >= 0.3 is 6.18 Å². The third-order valence-electron chi connectivity index (χ3n) is 3.06. The van der Waals surface area contributed by atoms with Crippen molar-refractivity contribution in [1.29, 1.82) is 0 Å². The average Bonchev–Trinajstić information content (AvgIpc) is 2.43. The average molecular weight is 342 g/mol. The number of alkyl halides is 3. The molecule has 0 saturated carbocycles. The number of nitrogens with zero attached hydrogens (tertiary/aromatic N) is 2. The molecule has 0 radical (unpaired) electrons. The van der Waals surface area contributed by atoms with E-state index in [1.165, 1.54) is 7.05 Å². The summed E-state index contributed by atoms with van der Waals surface area (Å²) in [4.78, 5) is 2.94. The number of hydrogen-bond donors (Lipinski definition) is 0. The Morgan fingerprint density at radius 3 is 2.43 bits per heavy atom. The quantitative estimate of drug-likeness (QED) is 0.798. The number of sulfonamides is 1. The highest BCUT2D eigenvalue weighted by molar-refractivity contribution is 7.98. The van der Waals surface area contributed by atoms with Crippen LogP contribution in [0.25, 0.3) is 0 Å². The van der Waals surface area contributed by atoms with E-state index in [4.69, 9.17) is 0 Å². The monoisotopic (exact) mass is 342 g/mol. The minimum absolute atomic E-state index is 0.242. The molecule has 1 rings (SSSR count). The van der Waals surface area contributed by atoms with Crippen molar-refractivity contribution in [3.05, 3.63) is 24.0 Å².